The van der Waals surface area contributed by atoms with Crippen molar-refractivity contribution in [2.45, 2.75) is 41.4 Å². The number of allylic oxidation sites excluding steroid dienone is 1. The molecular formula is C25H27NO4S. The fourth-order valence-electron chi connectivity index (χ4n) is 5.87. The third-order valence-corrected chi connectivity index (χ3v) is 8.88. The van der Waals surface area contributed by atoms with Gasteiger partial charge in [0.25, 0.3) is 0 Å². The fourth-order valence-corrected chi connectivity index (χ4v) is 7.39. The molecule has 5 nitrogen and oxygen atoms in total. The van der Waals surface area contributed by atoms with Gasteiger partial charge in [0.05, 0.1) is 12.4 Å². The summed E-state index contributed by atoms with van der Waals surface area (Å²) in [4.78, 5) is 16.5. The fraction of sp³-hybridized carbons (Fsp3) is 0.400. The normalized spacial score (nSPS) is 29.7. The van der Waals surface area contributed by atoms with E-state index in [1.165, 1.54) is 10.5 Å². The molecule has 2 aromatic rings. The molecule has 2 bridgehead atoms. The van der Waals surface area contributed by atoms with Crippen LogP contribution in [0.25, 0.3) is 0 Å². The Labute approximate surface area is 186 Å². The summed E-state index contributed by atoms with van der Waals surface area (Å²) in [6.07, 6.45) is 3.01. The number of likely N-dealkylation sites (tertiary alicyclic amines) is 1. The third kappa shape index (κ3) is 2.92. The van der Waals surface area contributed by atoms with E-state index in [1.807, 2.05) is 24.3 Å². The molecule has 3 aliphatic rings. The Kier molecular flexibility index (Phi) is 4.83. The number of rotatable bonds is 3. The first-order chi connectivity index (χ1) is 14.9. The van der Waals surface area contributed by atoms with Gasteiger partial charge in [0, 0.05) is 34.3 Å². The van der Waals surface area contributed by atoms with Crippen molar-refractivity contribution in [2.75, 3.05) is 20.7 Å². The number of fused-ring (bicyclic) bond motifs is 1. The summed E-state index contributed by atoms with van der Waals surface area (Å²) in [5.41, 5.74) is 2.43. The zero-order chi connectivity index (χ0) is 21.9. The molecule has 1 aliphatic heterocycles. The second-order valence-electron chi connectivity index (χ2n) is 8.94. The minimum absolute atomic E-state index is 0.000573. The summed E-state index contributed by atoms with van der Waals surface area (Å²) in [6, 6.07) is 12.0. The van der Waals surface area contributed by atoms with Gasteiger partial charge < -0.3 is 19.8 Å². The Morgan fingerprint density at radius 3 is 2.71 bits per heavy atom. The van der Waals surface area contributed by atoms with Crippen molar-refractivity contribution < 1.29 is 19.7 Å². The second-order valence-corrected chi connectivity index (χ2v) is 10.1. The predicted molar refractivity (Wildman–Crippen MR) is 120 cm³/mol. The van der Waals surface area contributed by atoms with E-state index < -0.39 is 5.41 Å². The third-order valence-electron chi connectivity index (χ3n) is 7.38. The van der Waals surface area contributed by atoms with E-state index in [1.54, 1.807) is 24.9 Å². The van der Waals surface area contributed by atoms with Crippen LogP contribution in [0.1, 0.15) is 34.8 Å². The molecule has 0 amide bonds. The van der Waals surface area contributed by atoms with Gasteiger partial charge in [-0.15, -0.1) is 11.8 Å². The number of phenols is 2. The highest BCUT2D eigenvalue weighted by Gasteiger charge is 2.59. The lowest BCUT2D eigenvalue weighted by Crippen LogP contribution is -2.61. The highest BCUT2D eigenvalue weighted by atomic mass is 32.2. The van der Waals surface area contributed by atoms with Crippen LogP contribution < -0.4 is 0 Å². The first-order valence-corrected chi connectivity index (χ1v) is 11.5. The van der Waals surface area contributed by atoms with Crippen LogP contribution in [0.4, 0.5) is 0 Å². The quantitative estimate of drug-likeness (QED) is 0.697. The minimum Gasteiger partial charge on any atom is -0.504 e. The van der Waals surface area contributed by atoms with E-state index in [2.05, 4.69) is 31.0 Å². The number of phenolic OH excluding ortho intramolecular Hbond substituents is 2. The number of Topliss-reactive ketones (excluding diaryl/α,β-unsaturated/α-hetero) is 1. The predicted octanol–water partition coefficient (Wildman–Crippen LogP) is 4.31. The molecule has 0 radical (unpaired) electrons. The molecule has 0 saturated carbocycles. The largest absolute Gasteiger partial charge is 0.504 e. The van der Waals surface area contributed by atoms with E-state index in [-0.39, 0.29) is 40.9 Å². The number of methoxy groups -OCH3 is 1. The first kappa shape index (κ1) is 20.5. The number of nitrogens with zero attached hydrogens (tertiary/aromatic N) is 1. The lowest BCUT2D eigenvalue weighted by molar-refractivity contribution is -0.122. The molecule has 6 heteroatoms. The summed E-state index contributed by atoms with van der Waals surface area (Å²) in [6.45, 7) is 2.93. The van der Waals surface area contributed by atoms with Crippen LogP contribution in [0.3, 0.4) is 0 Å². The Balaban J connectivity index is 1.76. The van der Waals surface area contributed by atoms with E-state index in [0.29, 0.717) is 5.76 Å². The van der Waals surface area contributed by atoms with Gasteiger partial charge in [-0.3, -0.25) is 4.79 Å². The molecule has 2 aromatic carbocycles. The van der Waals surface area contributed by atoms with Crippen LogP contribution in [-0.2, 0) is 14.9 Å². The lowest BCUT2D eigenvalue weighted by atomic mass is 9.53. The topological polar surface area (TPSA) is 70.0 Å². The summed E-state index contributed by atoms with van der Waals surface area (Å²) in [5, 5.41) is 21.5. The number of thioether (sulfide) groups is 1. The Morgan fingerprint density at radius 1 is 1.19 bits per heavy atom. The highest BCUT2D eigenvalue weighted by molar-refractivity contribution is 7.99. The Hall–Kier alpha value is -2.44. The number of carbonyl (C=O) groups is 1. The van der Waals surface area contributed by atoms with Crippen molar-refractivity contribution >= 4 is 17.5 Å². The molecular weight excluding hydrogens is 410 g/mol. The number of aryl methyl sites for hydroxylation is 1. The maximum atomic E-state index is 12.9. The molecule has 1 saturated heterocycles. The molecule has 31 heavy (non-hydrogen) atoms. The van der Waals surface area contributed by atoms with Crippen molar-refractivity contribution in [1.82, 2.24) is 4.90 Å². The van der Waals surface area contributed by atoms with Crippen LogP contribution in [0.15, 0.2) is 53.1 Å². The summed E-state index contributed by atoms with van der Waals surface area (Å²) < 4.78 is 5.44. The number of hydrogen-bond acceptors (Lipinski definition) is 6. The molecule has 1 unspecified atom stereocenters. The zero-order valence-electron chi connectivity index (χ0n) is 18.0. The number of likely N-dealkylation sites (N-methyl/N-ethyl adjacent to an activating group) is 1. The van der Waals surface area contributed by atoms with Gasteiger partial charge in [-0.25, -0.2) is 0 Å². The van der Waals surface area contributed by atoms with Gasteiger partial charge >= 0.3 is 0 Å². The first-order valence-electron chi connectivity index (χ1n) is 10.6. The maximum Gasteiger partial charge on any atom is 0.197 e. The van der Waals surface area contributed by atoms with Crippen LogP contribution in [0.2, 0.25) is 0 Å². The van der Waals surface area contributed by atoms with Gasteiger partial charge in [0.2, 0.25) is 0 Å². The average molecular weight is 438 g/mol. The number of piperidine rings is 1. The van der Waals surface area contributed by atoms with Crippen molar-refractivity contribution in [3.8, 4) is 11.5 Å². The maximum absolute atomic E-state index is 12.9. The summed E-state index contributed by atoms with van der Waals surface area (Å²) in [7, 11) is 3.68. The van der Waals surface area contributed by atoms with Gasteiger partial charge in [0.15, 0.2) is 23.0 Å². The van der Waals surface area contributed by atoms with Crippen LogP contribution in [-0.4, -0.2) is 47.6 Å². The average Bonchev–Trinajstić information content (AvgIpc) is 2.75. The molecule has 0 spiro atoms. The molecule has 4 atom stereocenters. The number of ether oxygens (including phenoxy) is 1. The van der Waals surface area contributed by atoms with Crippen LogP contribution in [0, 0.1) is 12.8 Å². The van der Waals surface area contributed by atoms with Crippen molar-refractivity contribution in [2.24, 2.45) is 5.92 Å². The van der Waals surface area contributed by atoms with E-state index in [0.717, 1.165) is 24.1 Å². The Bertz CT molecular complexity index is 1100. The van der Waals surface area contributed by atoms with Gasteiger partial charge in [-0.1, -0.05) is 24.3 Å². The standard InChI is InChI=1S/C25H27NO4S/c1-14-6-4-5-7-20(14)31-24-15-8-9-17(27)23(29)21(15)25-10-11-26(2)22(24)16(25)12-19(30-3)18(28)13-25/h4-9,12,16,22,24,27,29H,10-11,13H2,1-3H3/t16?,22-,24-,25-/m1/s1. The molecule has 1 heterocycles. The number of hydrogen-bond donors (Lipinski definition) is 2. The van der Waals surface area contributed by atoms with Gasteiger partial charge in [-0.2, -0.15) is 0 Å². The lowest BCUT2D eigenvalue weighted by Gasteiger charge is -2.58. The molecule has 1 fully saturated rings. The van der Waals surface area contributed by atoms with Crippen LogP contribution in [0.5, 0.6) is 11.5 Å². The van der Waals surface area contributed by atoms with Crippen molar-refractivity contribution in [1.29, 1.82) is 0 Å². The van der Waals surface area contributed by atoms with Crippen LogP contribution >= 0.6 is 11.8 Å². The molecule has 0 aromatic heterocycles. The van der Waals surface area contributed by atoms with Crippen molar-refractivity contribution in [3.63, 3.8) is 0 Å². The highest BCUT2D eigenvalue weighted by Crippen LogP contribution is 2.63. The van der Waals surface area contributed by atoms with Gasteiger partial charge in [0.1, 0.15) is 0 Å². The molecule has 162 valence electrons. The SMILES string of the molecule is COC1=CC2[C@@H]3[C@H](Sc4ccccc4C)c4ccc(O)c(O)c4[C@]2(CCN3C)CC1=O. The number of ketones is 1. The number of benzene rings is 2. The minimum atomic E-state index is -0.531. The Morgan fingerprint density at radius 2 is 1.97 bits per heavy atom. The van der Waals surface area contributed by atoms with E-state index in [4.69, 9.17) is 4.74 Å². The number of aromatic hydroxyl groups is 2. The summed E-state index contributed by atoms with van der Waals surface area (Å²) in [5.74, 6) is 0.158. The molecule has 2 aliphatic carbocycles. The van der Waals surface area contributed by atoms with E-state index >= 15 is 0 Å². The van der Waals surface area contributed by atoms with Gasteiger partial charge in [-0.05, 0) is 56.3 Å². The number of carbonyl (C=O) groups excluding carboxylic acids is 1. The van der Waals surface area contributed by atoms with Crippen molar-refractivity contribution in [3.05, 3.63) is 64.9 Å². The summed E-state index contributed by atoms with van der Waals surface area (Å²) >= 11 is 1.79. The zero-order valence-corrected chi connectivity index (χ0v) is 18.8. The van der Waals surface area contributed by atoms with E-state index in [9.17, 15) is 15.0 Å². The molecule has 5 rings (SSSR count). The smallest absolute Gasteiger partial charge is 0.197 e. The monoisotopic (exact) mass is 437 g/mol. The second kappa shape index (κ2) is 7.31. The molecule has 2 N–H and O–H groups in total.